The van der Waals surface area contributed by atoms with Crippen molar-refractivity contribution in [3.05, 3.63) is 12.2 Å². The molecule has 84 valence electrons. The Bertz CT molecular complexity index is 154. The van der Waals surface area contributed by atoms with Crippen LogP contribution >= 0.6 is 0 Å². The van der Waals surface area contributed by atoms with Gasteiger partial charge in [-0.1, -0.05) is 32.4 Å². The molecule has 0 aromatic heterocycles. The van der Waals surface area contributed by atoms with Gasteiger partial charge in [-0.3, -0.25) is 4.90 Å². The van der Waals surface area contributed by atoms with Crippen molar-refractivity contribution in [1.29, 1.82) is 0 Å². The summed E-state index contributed by atoms with van der Waals surface area (Å²) >= 11 is 0. The zero-order valence-electron chi connectivity index (χ0n) is 10.3. The fourth-order valence-corrected chi connectivity index (χ4v) is 1.68. The van der Waals surface area contributed by atoms with Crippen molar-refractivity contribution in [3.8, 4) is 0 Å². The first-order valence-corrected chi connectivity index (χ1v) is 5.67. The zero-order chi connectivity index (χ0) is 11.0. The Hall–Kier alpha value is -0.340. The van der Waals surface area contributed by atoms with Crippen LogP contribution in [0.15, 0.2) is 12.2 Å². The van der Waals surface area contributed by atoms with Crippen molar-refractivity contribution >= 4 is 0 Å². The molecule has 0 saturated heterocycles. The minimum absolute atomic E-state index is 0.650. The van der Waals surface area contributed by atoms with Crippen molar-refractivity contribution < 1.29 is 0 Å². The van der Waals surface area contributed by atoms with Gasteiger partial charge in [0.15, 0.2) is 0 Å². The van der Waals surface area contributed by atoms with Gasteiger partial charge in [0.2, 0.25) is 0 Å². The maximum absolute atomic E-state index is 3.96. The lowest BCUT2D eigenvalue weighted by atomic mass is 10.1. The first-order chi connectivity index (χ1) is 6.61. The van der Waals surface area contributed by atoms with Crippen molar-refractivity contribution in [2.45, 2.75) is 39.7 Å². The SMILES string of the molecule is C=C(C)CN(C)C(CCC)CNCC. The topological polar surface area (TPSA) is 15.3 Å². The van der Waals surface area contributed by atoms with E-state index in [-0.39, 0.29) is 0 Å². The van der Waals surface area contributed by atoms with E-state index in [9.17, 15) is 0 Å². The van der Waals surface area contributed by atoms with E-state index in [4.69, 9.17) is 0 Å². The summed E-state index contributed by atoms with van der Waals surface area (Å²) in [6.45, 7) is 13.6. The first-order valence-electron chi connectivity index (χ1n) is 5.67. The first kappa shape index (κ1) is 13.7. The number of nitrogens with zero attached hydrogens (tertiary/aromatic N) is 1. The summed E-state index contributed by atoms with van der Waals surface area (Å²) in [5.41, 5.74) is 1.24. The van der Waals surface area contributed by atoms with E-state index >= 15 is 0 Å². The molecule has 1 atom stereocenters. The lowest BCUT2D eigenvalue weighted by molar-refractivity contribution is 0.240. The molecule has 0 saturated carbocycles. The second-order valence-corrected chi connectivity index (χ2v) is 4.12. The highest BCUT2D eigenvalue weighted by Crippen LogP contribution is 2.06. The Kier molecular flexibility index (Phi) is 7.81. The third-order valence-corrected chi connectivity index (χ3v) is 2.39. The molecule has 0 spiro atoms. The summed E-state index contributed by atoms with van der Waals surface area (Å²) < 4.78 is 0. The fourth-order valence-electron chi connectivity index (χ4n) is 1.68. The molecular weight excluding hydrogens is 172 g/mol. The quantitative estimate of drug-likeness (QED) is 0.602. The van der Waals surface area contributed by atoms with E-state index in [0.29, 0.717) is 6.04 Å². The summed E-state index contributed by atoms with van der Waals surface area (Å²) in [7, 11) is 2.19. The van der Waals surface area contributed by atoms with Crippen LogP contribution < -0.4 is 5.32 Å². The van der Waals surface area contributed by atoms with Crippen LogP contribution in [0.4, 0.5) is 0 Å². The fraction of sp³-hybridized carbons (Fsp3) is 0.833. The lowest BCUT2D eigenvalue weighted by Crippen LogP contribution is -2.40. The number of hydrogen-bond donors (Lipinski definition) is 1. The summed E-state index contributed by atoms with van der Waals surface area (Å²) in [6.07, 6.45) is 2.51. The largest absolute Gasteiger partial charge is 0.315 e. The van der Waals surface area contributed by atoms with Crippen molar-refractivity contribution in [3.63, 3.8) is 0 Å². The minimum atomic E-state index is 0.650. The second kappa shape index (κ2) is 8.01. The Morgan fingerprint density at radius 1 is 1.43 bits per heavy atom. The zero-order valence-corrected chi connectivity index (χ0v) is 10.3. The van der Waals surface area contributed by atoms with Crippen LogP contribution in [0.2, 0.25) is 0 Å². The van der Waals surface area contributed by atoms with E-state index in [2.05, 4.69) is 44.6 Å². The molecule has 0 radical (unpaired) electrons. The summed E-state index contributed by atoms with van der Waals surface area (Å²) in [5.74, 6) is 0. The molecular formula is C12H26N2. The Morgan fingerprint density at radius 2 is 2.07 bits per heavy atom. The normalized spacial score (nSPS) is 13.2. The lowest BCUT2D eigenvalue weighted by Gasteiger charge is -2.28. The smallest absolute Gasteiger partial charge is 0.0220 e. The van der Waals surface area contributed by atoms with E-state index < -0.39 is 0 Å². The molecule has 0 heterocycles. The van der Waals surface area contributed by atoms with E-state index in [0.717, 1.165) is 19.6 Å². The van der Waals surface area contributed by atoms with Gasteiger partial charge in [0, 0.05) is 19.1 Å². The highest BCUT2D eigenvalue weighted by atomic mass is 15.1. The van der Waals surface area contributed by atoms with E-state index in [1.165, 1.54) is 18.4 Å². The van der Waals surface area contributed by atoms with Crippen LogP contribution in [0.3, 0.4) is 0 Å². The van der Waals surface area contributed by atoms with Gasteiger partial charge in [0.25, 0.3) is 0 Å². The third kappa shape index (κ3) is 6.17. The summed E-state index contributed by atoms with van der Waals surface area (Å²) in [5, 5.41) is 3.42. The van der Waals surface area contributed by atoms with Crippen LogP contribution in [0.1, 0.15) is 33.6 Å². The van der Waals surface area contributed by atoms with Gasteiger partial charge in [-0.15, -0.1) is 0 Å². The molecule has 0 aromatic carbocycles. The average molecular weight is 198 g/mol. The molecule has 2 nitrogen and oxygen atoms in total. The molecule has 2 heteroatoms. The van der Waals surface area contributed by atoms with Gasteiger partial charge in [-0.2, -0.15) is 0 Å². The molecule has 0 rings (SSSR count). The standard InChI is InChI=1S/C12H26N2/c1-6-8-12(9-13-7-2)14(5)10-11(3)4/h12-13H,3,6-10H2,1-2,4-5H3. The van der Waals surface area contributed by atoms with Crippen LogP contribution in [0.25, 0.3) is 0 Å². The molecule has 0 aliphatic heterocycles. The number of rotatable bonds is 8. The number of likely N-dealkylation sites (N-methyl/N-ethyl adjacent to an activating group) is 2. The summed E-state index contributed by atoms with van der Waals surface area (Å²) in [6, 6.07) is 0.650. The highest BCUT2D eigenvalue weighted by molar-refractivity contribution is 4.92. The predicted molar refractivity (Wildman–Crippen MR) is 64.7 cm³/mol. The van der Waals surface area contributed by atoms with Gasteiger partial charge in [0.1, 0.15) is 0 Å². The number of hydrogen-bond acceptors (Lipinski definition) is 2. The summed E-state index contributed by atoms with van der Waals surface area (Å²) in [4.78, 5) is 2.40. The van der Waals surface area contributed by atoms with E-state index in [1.54, 1.807) is 0 Å². The molecule has 0 aromatic rings. The Balaban J connectivity index is 3.96. The molecule has 0 amide bonds. The Labute approximate surface area is 89.4 Å². The maximum atomic E-state index is 3.96. The molecule has 0 aliphatic carbocycles. The van der Waals surface area contributed by atoms with Crippen LogP contribution in [0, 0.1) is 0 Å². The van der Waals surface area contributed by atoms with Gasteiger partial charge >= 0.3 is 0 Å². The molecule has 0 fully saturated rings. The van der Waals surface area contributed by atoms with Gasteiger partial charge in [-0.05, 0) is 26.9 Å². The highest BCUT2D eigenvalue weighted by Gasteiger charge is 2.12. The molecule has 0 aliphatic rings. The molecule has 1 N–H and O–H groups in total. The van der Waals surface area contributed by atoms with Crippen molar-refractivity contribution in [2.24, 2.45) is 0 Å². The molecule has 1 unspecified atom stereocenters. The van der Waals surface area contributed by atoms with E-state index in [1.807, 2.05) is 0 Å². The Morgan fingerprint density at radius 3 is 2.50 bits per heavy atom. The molecule has 0 bridgehead atoms. The van der Waals surface area contributed by atoms with Crippen molar-refractivity contribution in [1.82, 2.24) is 10.2 Å². The number of nitrogens with one attached hydrogen (secondary N) is 1. The van der Waals surface area contributed by atoms with Gasteiger partial charge in [-0.25, -0.2) is 0 Å². The predicted octanol–water partition coefficient (Wildman–Crippen LogP) is 2.27. The van der Waals surface area contributed by atoms with Crippen LogP contribution in [-0.2, 0) is 0 Å². The monoisotopic (exact) mass is 198 g/mol. The average Bonchev–Trinajstić information content (AvgIpc) is 2.10. The maximum Gasteiger partial charge on any atom is 0.0220 e. The molecule has 14 heavy (non-hydrogen) atoms. The van der Waals surface area contributed by atoms with Crippen LogP contribution in [0.5, 0.6) is 0 Å². The second-order valence-electron chi connectivity index (χ2n) is 4.12. The van der Waals surface area contributed by atoms with Gasteiger partial charge in [0.05, 0.1) is 0 Å². The minimum Gasteiger partial charge on any atom is -0.315 e. The third-order valence-electron chi connectivity index (χ3n) is 2.39. The van der Waals surface area contributed by atoms with Crippen molar-refractivity contribution in [2.75, 3.05) is 26.7 Å². The van der Waals surface area contributed by atoms with Gasteiger partial charge < -0.3 is 5.32 Å². The van der Waals surface area contributed by atoms with Crippen LogP contribution in [-0.4, -0.2) is 37.6 Å².